The zero-order valence-electron chi connectivity index (χ0n) is 10.9. The Morgan fingerprint density at radius 1 is 1.00 bits per heavy atom. The maximum Gasteiger partial charge on any atom is 0.407 e. The van der Waals surface area contributed by atoms with E-state index in [1.165, 1.54) is 0 Å². The number of benzene rings is 2. The molecule has 1 aliphatic heterocycles. The summed E-state index contributed by atoms with van der Waals surface area (Å²) in [4.78, 5) is 11.2. The van der Waals surface area contributed by atoms with Gasteiger partial charge in [0.25, 0.3) is 0 Å². The minimum atomic E-state index is -0.356. The second-order valence-electron chi connectivity index (χ2n) is 4.61. The third-order valence-corrected chi connectivity index (χ3v) is 3.19. The second-order valence-corrected chi connectivity index (χ2v) is 4.61. The van der Waals surface area contributed by atoms with Crippen molar-refractivity contribution < 1.29 is 14.3 Å². The SMILES string of the molecule is O=C1N[C@@H](c2ccc(Oc3ccccc3)cc2)CCO1. The van der Waals surface area contributed by atoms with Gasteiger partial charge in [-0.1, -0.05) is 30.3 Å². The normalized spacial score (nSPS) is 18.0. The van der Waals surface area contributed by atoms with Gasteiger partial charge < -0.3 is 14.8 Å². The Hall–Kier alpha value is -2.49. The molecule has 0 radical (unpaired) electrons. The zero-order chi connectivity index (χ0) is 13.8. The molecule has 0 bridgehead atoms. The number of hydrogen-bond acceptors (Lipinski definition) is 3. The van der Waals surface area contributed by atoms with Crippen molar-refractivity contribution in [2.75, 3.05) is 6.61 Å². The Morgan fingerprint density at radius 2 is 1.70 bits per heavy atom. The lowest BCUT2D eigenvalue weighted by Gasteiger charge is -2.23. The Balaban J connectivity index is 1.69. The fourth-order valence-electron chi connectivity index (χ4n) is 2.17. The van der Waals surface area contributed by atoms with Crippen molar-refractivity contribution in [2.45, 2.75) is 12.5 Å². The van der Waals surface area contributed by atoms with E-state index in [9.17, 15) is 4.79 Å². The van der Waals surface area contributed by atoms with E-state index in [0.717, 1.165) is 23.5 Å². The highest BCUT2D eigenvalue weighted by atomic mass is 16.5. The molecule has 0 unspecified atom stereocenters. The summed E-state index contributed by atoms with van der Waals surface area (Å²) in [7, 11) is 0. The van der Waals surface area contributed by atoms with Crippen LogP contribution in [-0.2, 0) is 4.74 Å². The molecule has 4 nitrogen and oxygen atoms in total. The number of hydrogen-bond donors (Lipinski definition) is 1. The van der Waals surface area contributed by atoms with Crippen molar-refractivity contribution in [3.8, 4) is 11.5 Å². The van der Waals surface area contributed by atoms with Crippen LogP contribution in [0.4, 0.5) is 4.79 Å². The summed E-state index contributed by atoms with van der Waals surface area (Å²) in [6.07, 6.45) is 0.427. The van der Waals surface area contributed by atoms with Crippen molar-refractivity contribution >= 4 is 6.09 Å². The number of rotatable bonds is 3. The number of amides is 1. The van der Waals surface area contributed by atoms with Crippen LogP contribution in [0.1, 0.15) is 18.0 Å². The predicted octanol–water partition coefficient (Wildman–Crippen LogP) is 3.65. The van der Waals surface area contributed by atoms with Gasteiger partial charge in [0.05, 0.1) is 12.6 Å². The molecular formula is C16H15NO3. The third-order valence-electron chi connectivity index (χ3n) is 3.19. The van der Waals surface area contributed by atoms with Crippen molar-refractivity contribution in [3.05, 3.63) is 60.2 Å². The molecule has 0 aromatic heterocycles. The Morgan fingerprint density at radius 3 is 2.40 bits per heavy atom. The molecular weight excluding hydrogens is 254 g/mol. The molecule has 0 aliphatic carbocycles. The lowest BCUT2D eigenvalue weighted by Crippen LogP contribution is -2.35. The van der Waals surface area contributed by atoms with Gasteiger partial charge >= 0.3 is 6.09 Å². The number of ether oxygens (including phenoxy) is 2. The van der Waals surface area contributed by atoms with E-state index in [4.69, 9.17) is 9.47 Å². The molecule has 1 aliphatic rings. The van der Waals surface area contributed by atoms with Crippen LogP contribution >= 0.6 is 0 Å². The summed E-state index contributed by atoms with van der Waals surface area (Å²) in [6, 6.07) is 17.4. The summed E-state index contributed by atoms with van der Waals surface area (Å²) in [5.74, 6) is 1.58. The number of alkyl carbamates (subject to hydrolysis) is 1. The van der Waals surface area contributed by atoms with Gasteiger partial charge in [0.2, 0.25) is 0 Å². The molecule has 2 aromatic carbocycles. The molecule has 3 rings (SSSR count). The first-order valence-electron chi connectivity index (χ1n) is 6.57. The number of nitrogens with one attached hydrogen (secondary N) is 1. The van der Waals surface area contributed by atoms with Crippen LogP contribution in [0.2, 0.25) is 0 Å². The van der Waals surface area contributed by atoms with Gasteiger partial charge in [-0.05, 0) is 29.8 Å². The van der Waals surface area contributed by atoms with Crippen molar-refractivity contribution in [3.63, 3.8) is 0 Å². The maximum absolute atomic E-state index is 11.2. The third kappa shape index (κ3) is 2.91. The molecule has 1 fully saturated rings. The fourth-order valence-corrected chi connectivity index (χ4v) is 2.17. The summed E-state index contributed by atoms with van der Waals surface area (Å²) >= 11 is 0. The average Bonchev–Trinajstić information content (AvgIpc) is 2.49. The lowest BCUT2D eigenvalue weighted by molar-refractivity contribution is 0.115. The van der Waals surface area contributed by atoms with Crippen LogP contribution in [0.25, 0.3) is 0 Å². The number of cyclic esters (lactones) is 1. The van der Waals surface area contributed by atoms with E-state index in [0.29, 0.717) is 6.61 Å². The van der Waals surface area contributed by atoms with Crippen LogP contribution in [-0.4, -0.2) is 12.7 Å². The Bertz CT molecular complexity index is 580. The van der Waals surface area contributed by atoms with Crippen molar-refractivity contribution in [2.24, 2.45) is 0 Å². The molecule has 1 saturated heterocycles. The zero-order valence-corrected chi connectivity index (χ0v) is 10.9. The number of para-hydroxylation sites is 1. The van der Waals surface area contributed by atoms with E-state index >= 15 is 0 Å². The monoisotopic (exact) mass is 269 g/mol. The minimum absolute atomic E-state index is 0.0158. The maximum atomic E-state index is 11.2. The molecule has 1 heterocycles. The van der Waals surface area contributed by atoms with Crippen molar-refractivity contribution in [1.82, 2.24) is 5.32 Å². The minimum Gasteiger partial charge on any atom is -0.457 e. The highest BCUT2D eigenvalue weighted by molar-refractivity contribution is 5.68. The Kier molecular flexibility index (Phi) is 3.54. The molecule has 2 aromatic rings. The first kappa shape index (κ1) is 12.5. The molecule has 0 spiro atoms. The molecule has 4 heteroatoms. The molecule has 102 valence electrons. The predicted molar refractivity (Wildman–Crippen MR) is 74.8 cm³/mol. The van der Waals surface area contributed by atoms with Gasteiger partial charge in [-0.3, -0.25) is 0 Å². The average molecular weight is 269 g/mol. The van der Waals surface area contributed by atoms with Crippen LogP contribution in [0, 0.1) is 0 Å². The topological polar surface area (TPSA) is 47.6 Å². The van der Waals surface area contributed by atoms with E-state index in [2.05, 4.69) is 5.32 Å². The molecule has 0 saturated carbocycles. The van der Waals surface area contributed by atoms with E-state index in [1.807, 2.05) is 54.6 Å². The molecule has 1 N–H and O–H groups in total. The second kappa shape index (κ2) is 5.65. The van der Waals surface area contributed by atoms with Crippen LogP contribution < -0.4 is 10.1 Å². The molecule has 1 atom stereocenters. The highest BCUT2D eigenvalue weighted by Crippen LogP contribution is 2.25. The van der Waals surface area contributed by atoms with Crippen LogP contribution in [0.15, 0.2) is 54.6 Å². The van der Waals surface area contributed by atoms with Crippen LogP contribution in [0.5, 0.6) is 11.5 Å². The lowest BCUT2D eigenvalue weighted by atomic mass is 10.0. The fraction of sp³-hybridized carbons (Fsp3) is 0.188. The van der Waals surface area contributed by atoms with Crippen LogP contribution in [0.3, 0.4) is 0 Å². The summed E-state index contributed by atoms with van der Waals surface area (Å²) in [5, 5.41) is 2.80. The largest absolute Gasteiger partial charge is 0.457 e. The van der Waals surface area contributed by atoms with E-state index in [-0.39, 0.29) is 12.1 Å². The number of carbonyl (C=O) groups is 1. The summed E-state index contributed by atoms with van der Waals surface area (Å²) in [5.41, 5.74) is 1.06. The summed E-state index contributed by atoms with van der Waals surface area (Å²) < 4.78 is 10.6. The van der Waals surface area contributed by atoms with Gasteiger partial charge in [0.1, 0.15) is 11.5 Å². The van der Waals surface area contributed by atoms with Gasteiger partial charge in [-0.2, -0.15) is 0 Å². The number of carbonyl (C=O) groups excluding carboxylic acids is 1. The molecule has 1 amide bonds. The highest BCUT2D eigenvalue weighted by Gasteiger charge is 2.20. The van der Waals surface area contributed by atoms with Gasteiger partial charge in [0.15, 0.2) is 0 Å². The van der Waals surface area contributed by atoms with Gasteiger partial charge in [-0.15, -0.1) is 0 Å². The summed E-state index contributed by atoms with van der Waals surface area (Å²) in [6.45, 7) is 0.457. The van der Waals surface area contributed by atoms with E-state index < -0.39 is 0 Å². The first-order chi connectivity index (χ1) is 9.81. The molecule has 20 heavy (non-hydrogen) atoms. The standard InChI is InChI=1S/C16H15NO3/c18-16-17-15(10-11-19-16)12-6-8-14(9-7-12)20-13-4-2-1-3-5-13/h1-9,15H,10-11H2,(H,17,18)/t15-/m1/s1. The first-order valence-corrected chi connectivity index (χ1v) is 6.57. The Labute approximate surface area is 117 Å². The quantitative estimate of drug-likeness (QED) is 0.925. The smallest absolute Gasteiger partial charge is 0.407 e. The van der Waals surface area contributed by atoms with Gasteiger partial charge in [0, 0.05) is 6.42 Å². The van der Waals surface area contributed by atoms with Crippen molar-refractivity contribution in [1.29, 1.82) is 0 Å². The van der Waals surface area contributed by atoms with Gasteiger partial charge in [-0.25, -0.2) is 4.79 Å². The van der Waals surface area contributed by atoms with E-state index in [1.54, 1.807) is 0 Å².